The number of hydrogen-bond acceptors (Lipinski definition) is 10. The van der Waals surface area contributed by atoms with Gasteiger partial charge in [0.15, 0.2) is 0 Å². The van der Waals surface area contributed by atoms with Crippen molar-refractivity contribution in [1.82, 2.24) is 25.5 Å². The SMILES string of the molecule is Cc1nc(-c2ccc(Cn3cc(C(=O)NOC4CCOCC4)c4c(c3=O)[C@@H](NC(=O)OC(C)(C)C)CS4)cc2)no1. The number of pyridine rings is 1. The van der Waals surface area contributed by atoms with E-state index in [0.29, 0.717) is 59.5 Å². The van der Waals surface area contributed by atoms with Crippen molar-refractivity contribution in [1.29, 1.82) is 0 Å². The van der Waals surface area contributed by atoms with Crippen LogP contribution in [0.4, 0.5) is 4.79 Å². The standard InChI is InChI=1S/C28H33N5O7S/c1-16-29-24(31-39-16)18-7-5-17(6-8-18)13-33-14-20(25(34)32-40-19-9-11-37-12-10-19)23-22(26(33)35)21(15-41-23)30-27(36)38-28(2,3)4/h5-8,14,19,21H,9-13,15H2,1-4H3,(H,30,36)(H,32,34)/t21-/m0/s1. The Morgan fingerprint density at radius 2 is 1.90 bits per heavy atom. The summed E-state index contributed by atoms with van der Waals surface area (Å²) in [5.74, 6) is 0.858. The number of aryl methyl sites for hydroxylation is 1. The highest BCUT2D eigenvalue weighted by Crippen LogP contribution is 2.39. The molecule has 1 atom stereocenters. The Morgan fingerprint density at radius 1 is 1.17 bits per heavy atom. The van der Waals surface area contributed by atoms with Crippen LogP contribution in [0.1, 0.15) is 67.0 Å². The number of ether oxygens (including phenoxy) is 2. The molecule has 0 bridgehead atoms. The third-order valence-corrected chi connectivity index (χ3v) is 7.75. The number of fused-ring (bicyclic) bond motifs is 1. The Balaban J connectivity index is 1.43. The molecule has 1 fully saturated rings. The van der Waals surface area contributed by atoms with Gasteiger partial charge in [-0.25, -0.2) is 10.3 Å². The largest absolute Gasteiger partial charge is 0.444 e. The molecule has 0 aliphatic carbocycles. The average Bonchev–Trinajstić information content (AvgIpc) is 3.55. The summed E-state index contributed by atoms with van der Waals surface area (Å²) in [6, 6.07) is 6.78. The second-order valence-corrected chi connectivity index (χ2v) is 12.0. The maximum absolute atomic E-state index is 13.8. The Kier molecular flexibility index (Phi) is 8.47. The zero-order chi connectivity index (χ0) is 29.1. The highest BCUT2D eigenvalue weighted by atomic mass is 32.2. The summed E-state index contributed by atoms with van der Waals surface area (Å²) in [6.45, 7) is 8.35. The number of nitrogens with zero attached hydrogens (tertiary/aromatic N) is 3. The van der Waals surface area contributed by atoms with Gasteiger partial charge in [0.25, 0.3) is 11.5 Å². The van der Waals surface area contributed by atoms with Crippen LogP contribution in [0.5, 0.6) is 0 Å². The smallest absolute Gasteiger partial charge is 0.408 e. The van der Waals surface area contributed by atoms with Gasteiger partial charge in [-0.2, -0.15) is 4.98 Å². The number of nitrogens with one attached hydrogen (secondary N) is 2. The highest BCUT2D eigenvalue weighted by Gasteiger charge is 2.34. The van der Waals surface area contributed by atoms with Gasteiger partial charge in [0.1, 0.15) is 5.60 Å². The van der Waals surface area contributed by atoms with Crippen LogP contribution in [-0.4, -0.2) is 57.4 Å². The second kappa shape index (κ2) is 12.0. The van der Waals surface area contributed by atoms with Gasteiger partial charge in [0.05, 0.1) is 29.8 Å². The first-order valence-electron chi connectivity index (χ1n) is 13.4. The lowest BCUT2D eigenvalue weighted by Gasteiger charge is -2.23. The number of aromatic nitrogens is 3. The van der Waals surface area contributed by atoms with E-state index in [-0.39, 0.29) is 18.2 Å². The first-order chi connectivity index (χ1) is 19.6. The summed E-state index contributed by atoms with van der Waals surface area (Å²) in [6.07, 6.45) is 2.11. The van der Waals surface area contributed by atoms with E-state index in [2.05, 4.69) is 20.9 Å². The molecule has 12 nitrogen and oxygen atoms in total. The summed E-state index contributed by atoms with van der Waals surface area (Å²) < 4.78 is 17.3. The summed E-state index contributed by atoms with van der Waals surface area (Å²) in [5.41, 5.74) is 3.80. The molecule has 1 aromatic carbocycles. The minimum absolute atomic E-state index is 0.151. The Hall–Kier alpha value is -3.68. The number of rotatable bonds is 7. The fraction of sp³-hybridized carbons (Fsp3) is 0.464. The Labute approximate surface area is 241 Å². The third-order valence-electron chi connectivity index (χ3n) is 6.52. The molecule has 13 heteroatoms. The molecule has 2 aromatic heterocycles. The van der Waals surface area contributed by atoms with E-state index in [9.17, 15) is 14.4 Å². The van der Waals surface area contributed by atoms with E-state index in [4.69, 9.17) is 18.8 Å². The van der Waals surface area contributed by atoms with Crippen LogP contribution in [0.25, 0.3) is 11.4 Å². The van der Waals surface area contributed by atoms with Crippen molar-refractivity contribution in [2.45, 2.75) is 69.7 Å². The molecule has 0 spiro atoms. The molecule has 1 saturated heterocycles. The minimum Gasteiger partial charge on any atom is -0.444 e. The summed E-state index contributed by atoms with van der Waals surface area (Å²) in [4.78, 5) is 50.1. The minimum atomic E-state index is -0.700. The normalized spacial score (nSPS) is 17.2. The van der Waals surface area contributed by atoms with Gasteiger partial charge in [-0.15, -0.1) is 11.8 Å². The zero-order valence-corrected chi connectivity index (χ0v) is 24.2. The van der Waals surface area contributed by atoms with Crippen LogP contribution in [0.3, 0.4) is 0 Å². The van der Waals surface area contributed by atoms with Crippen LogP contribution in [0.2, 0.25) is 0 Å². The molecule has 0 radical (unpaired) electrons. The van der Waals surface area contributed by atoms with Crippen LogP contribution in [0.15, 0.2) is 44.7 Å². The molecular formula is C28H33N5O7S. The van der Waals surface area contributed by atoms with Crippen molar-refractivity contribution >= 4 is 23.8 Å². The van der Waals surface area contributed by atoms with E-state index in [1.54, 1.807) is 33.9 Å². The first-order valence-corrected chi connectivity index (χ1v) is 14.4. The molecule has 2 aliphatic heterocycles. The monoisotopic (exact) mass is 583 g/mol. The average molecular weight is 584 g/mol. The number of thioether (sulfide) groups is 1. The van der Waals surface area contributed by atoms with Gasteiger partial charge in [0, 0.05) is 42.5 Å². The Bertz CT molecular complexity index is 1470. The van der Waals surface area contributed by atoms with Crippen molar-refractivity contribution in [3.63, 3.8) is 0 Å². The lowest BCUT2D eigenvalue weighted by Crippen LogP contribution is -2.38. The molecule has 0 saturated carbocycles. The van der Waals surface area contributed by atoms with E-state index in [1.165, 1.54) is 16.3 Å². The summed E-state index contributed by atoms with van der Waals surface area (Å²) in [7, 11) is 0. The van der Waals surface area contributed by atoms with E-state index in [0.717, 1.165) is 11.1 Å². The van der Waals surface area contributed by atoms with Gasteiger partial charge in [-0.05, 0) is 39.2 Å². The van der Waals surface area contributed by atoms with Gasteiger partial charge < -0.3 is 23.9 Å². The van der Waals surface area contributed by atoms with Crippen LogP contribution >= 0.6 is 11.8 Å². The molecule has 3 aromatic rings. The van der Waals surface area contributed by atoms with Crippen LogP contribution in [-0.2, 0) is 20.9 Å². The molecule has 0 unspecified atom stereocenters. The number of benzene rings is 1. The lowest BCUT2D eigenvalue weighted by atomic mass is 10.1. The number of amides is 2. The number of hydroxylamine groups is 1. The number of carbonyl (C=O) groups excluding carboxylic acids is 2. The molecule has 41 heavy (non-hydrogen) atoms. The van der Waals surface area contributed by atoms with Crippen LogP contribution in [0, 0.1) is 6.92 Å². The molecule has 2 aliphatic rings. The van der Waals surface area contributed by atoms with Gasteiger partial charge >= 0.3 is 6.09 Å². The molecule has 4 heterocycles. The highest BCUT2D eigenvalue weighted by molar-refractivity contribution is 7.99. The molecule has 2 N–H and O–H groups in total. The van der Waals surface area contributed by atoms with Crippen molar-refractivity contribution in [3.8, 4) is 11.4 Å². The Morgan fingerprint density at radius 3 is 2.56 bits per heavy atom. The van der Waals surface area contributed by atoms with E-state index >= 15 is 0 Å². The van der Waals surface area contributed by atoms with Gasteiger partial charge in [0.2, 0.25) is 11.7 Å². The molecule has 2 amide bonds. The van der Waals surface area contributed by atoms with Gasteiger partial charge in [-0.3, -0.25) is 14.4 Å². The van der Waals surface area contributed by atoms with Gasteiger partial charge in [-0.1, -0.05) is 29.4 Å². The van der Waals surface area contributed by atoms with E-state index < -0.39 is 23.6 Å². The number of hydrogen-bond donors (Lipinski definition) is 2. The predicted octanol–water partition coefficient (Wildman–Crippen LogP) is 3.77. The quantitative estimate of drug-likeness (QED) is 0.394. The summed E-state index contributed by atoms with van der Waals surface area (Å²) in [5, 5.41) is 6.74. The van der Waals surface area contributed by atoms with Crippen molar-refractivity contribution in [2.24, 2.45) is 0 Å². The van der Waals surface area contributed by atoms with Crippen molar-refractivity contribution < 1.29 is 28.4 Å². The van der Waals surface area contributed by atoms with E-state index in [1.807, 2.05) is 24.3 Å². The number of alkyl carbamates (subject to hydrolysis) is 1. The molecule has 5 rings (SSSR count). The maximum Gasteiger partial charge on any atom is 0.408 e. The zero-order valence-electron chi connectivity index (χ0n) is 23.4. The first kappa shape index (κ1) is 28.8. The van der Waals surface area contributed by atoms with Crippen molar-refractivity contribution in [3.05, 3.63) is 63.4 Å². The molecule has 218 valence electrons. The number of carbonyl (C=O) groups is 2. The fourth-order valence-corrected chi connectivity index (χ4v) is 5.85. The third kappa shape index (κ3) is 6.97. The lowest BCUT2D eigenvalue weighted by molar-refractivity contribution is -0.0674. The second-order valence-electron chi connectivity index (χ2n) is 10.9. The molecular weight excluding hydrogens is 550 g/mol. The fourth-order valence-electron chi connectivity index (χ4n) is 4.58. The maximum atomic E-state index is 13.8. The summed E-state index contributed by atoms with van der Waals surface area (Å²) >= 11 is 1.34. The van der Waals surface area contributed by atoms with Crippen LogP contribution < -0.4 is 16.4 Å². The van der Waals surface area contributed by atoms with Crippen molar-refractivity contribution in [2.75, 3.05) is 19.0 Å². The topological polar surface area (TPSA) is 147 Å². The predicted molar refractivity (Wildman–Crippen MR) is 150 cm³/mol.